The van der Waals surface area contributed by atoms with Gasteiger partial charge in [-0.25, -0.2) is 0 Å². The van der Waals surface area contributed by atoms with Gasteiger partial charge in [0.2, 0.25) is 5.91 Å². The molecule has 1 heterocycles. The molecule has 0 saturated heterocycles. The second-order valence-electron chi connectivity index (χ2n) is 7.24. The third-order valence-corrected chi connectivity index (χ3v) is 5.89. The maximum absolute atomic E-state index is 13.1. The summed E-state index contributed by atoms with van der Waals surface area (Å²) in [6.07, 6.45) is 2.46. The first kappa shape index (κ1) is 18.7. The monoisotopic (exact) mass is 439 g/mol. The van der Waals surface area contributed by atoms with Crippen LogP contribution in [0.15, 0.2) is 59.1 Å². The highest BCUT2D eigenvalue weighted by atomic mass is 79.9. The predicted molar refractivity (Wildman–Crippen MR) is 113 cm³/mol. The first-order valence-corrected chi connectivity index (χ1v) is 10.2. The van der Waals surface area contributed by atoms with Crippen LogP contribution in [0.25, 0.3) is 10.9 Å². The molecule has 3 aromatic rings. The first-order chi connectivity index (χ1) is 13.5. The molecule has 1 aliphatic rings. The van der Waals surface area contributed by atoms with Crippen LogP contribution < -0.4 is 10.6 Å². The van der Waals surface area contributed by atoms with E-state index < -0.39 is 6.04 Å². The fourth-order valence-electron chi connectivity index (χ4n) is 3.41. The molecular formula is C22H22BrN3O2. The van der Waals surface area contributed by atoms with Gasteiger partial charge in [-0.05, 0) is 40.4 Å². The largest absolute Gasteiger partial charge is 0.352 e. The van der Waals surface area contributed by atoms with Gasteiger partial charge in [0.1, 0.15) is 11.7 Å². The van der Waals surface area contributed by atoms with Crippen molar-refractivity contribution < 1.29 is 9.59 Å². The van der Waals surface area contributed by atoms with Gasteiger partial charge in [-0.15, -0.1) is 0 Å². The van der Waals surface area contributed by atoms with Crippen LogP contribution in [0, 0.1) is 0 Å². The molecule has 2 N–H and O–H groups in total. The Bertz CT molecular complexity index is 986. The first-order valence-electron chi connectivity index (χ1n) is 9.42. The molecule has 0 bridgehead atoms. The third kappa shape index (κ3) is 3.83. The highest BCUT2D eigenvalue weighted by Gasteiger charge is 2.30. The molecule has 6 heteroatoms. The molecule has 1 saturated carbocycles. The minimum absolute atomic E-state index is 0.130. The number of rotatable bonds is 6. The Labute approximate surface area is 172 Å². The third-order valence-electron chi connectivity index (χ3n) is 5.09. The molecule has 2 amide bonds. The van der Waals surface area contributed by atoms with Crippen LogP contribution in [-0.2, 0) is 18.3 Å². The zero-order valence-electron chi connectivity index (χ0n) is 15.6. The van der Waals surface area contributed by atoms with Gasteiger partial charge in [0.15, 0.2) is 0 Å². The number of carbonyl (C=O) groups is 2. The maximum Gasteiger partial charge on any atom is 0.269 e. The van der Waals surface area contributed by atoms with E-state index in [4.69, 9.17) is 0 Å². The number of para-hydroxylation sites is 1. The van der Waals surface area contributed by atoms with Crippen LogP contribution in [-0.4, -0.2) is 28.5 Å². The molecule has 28 heavy (non-hydrogen) atoms. The number of hydrogen-bond acceptors (Lipinski definition) is 2. The van der Waals surface area contributed by atoms with Gasteiger partial charge in [0.05, 0.1) is 4.47 Å². The normalized spacial score (nSPS) is 14.6. The van der Waals surface area contributed by atoms with Crippen molar-refractivity contribution in [2.75, 3.05) is 0 Å². The van der Waals surface area contributed by atoms with Crippen molar-refractivity contribution in [1.29, 1.82) is 0 Å². The summed E-state index contributed by atoms with van der Waals surface area (Å²) < 4.78 is 2.59. The van der Waals surface area contributed by atoms with Crippen LogP contribution in [0.1, 0.15) is 28.9 Å². The molecule has 144 valence electrons. The number of fused-ring (bicyclic) bond motifs is 1. The number of benzene rings is 2. The minimum atomic E-state index is -0.625. The Hall–Kier alpha value is -2.60. The van der Waals surface area contributed by atoms with E-state index in [1.165, 1.54) is 0 Å². The second-order valence-corrected chi connectivity index (χ2v) is 8.03. The van der Waals surface area contributed by atoms with Crippen LogP contribution in [0.3, 0.4) is 0 Å². The molecular weight excluding hydrogens is 418 g/mol. The van der Waals surface area contributed by atoms with Crippen LogP contribution in [0.4, 0.5) is 0 Å². The number of carbonyl (C=O) groups excluding carboxylic acids is 2. The van der Waals surface area contributed by atoms with E-state index in [-0.39, 0.29) is 17.9 Å². The summed E-state index contributed by atoms with van der Waals surface area (Å²) >= 11 is 3.57. The summed E-state index contributed by atoms with van der Waals surface area (Å²) in [6, 6.07) is 17.2. The summed E-state index contributed by atoms with van der Waals surface area (Å²) in [5, 5.41) is 6.94. The Morgan fingerprint density at radius 2 is 1.79 bits per heavy atom. The van der Waals surface area contributed by atoms with E-state index >= 15 is 0 Å². The summed E-state index contributed by atoms with van der Waals surface area (Å²) in [5.74, 6) is -0.396. The van der Waals surface area contributed by atoms with E-state index in [1.54, 1.807) is 0 Å². The lowest BCUT2D eigenvalue weighted by atomic mass is 10.0. The van der Waals surface area contributed by atoms with Crippen molar-refractivity contribution >= 4 is 38.6 Å². The molecule has 0 spiro atoms. The average molecular weight is 440 g/mol. The van der Waals surface area contributed by atoms with Crippen molar-refractivity contribution in [2.24, 2.45) is 7.05 Å². The number of aryl methyl sites for hydroxylation is 1. The fourth-order valence-corrected chi connectivity index (χ4v) is 4.20. The lowest BCUT2D eigenvalue weighted by Gasteiger charge is -2.19. The Morgan fingerprint density at radius 1 is 1.11 bits per heavy atom. The summed E-state index contributed by atoms with van der Waals surface area (Å²) in [6.45, 7) is 0. The molecule has 1 unspecified atom stereocenters. The van der Waals surface area contributed by atoms with Crippen molar-refractivity contribution in [1.82, 2.24) is 15.2 Å². The average Bonchev–Trinajstić information content (AvgIpc) is 3.48. The SMILES string of the molecule is Cn1c(C(=O)NC(Cc2ccccc2)C(=O)NC2CC2)c(Br)c2ccccc21. The zero-order valence-corrected chi connectivity index (χ0v) is 17.2. The molecule has 5 nitrogen and oxygen atoms in total. The lowest BCUT2D eigenvalue weighted by Crippen LogP contribution is -2.49. The second kappa shape index (κ2) is 7.80. The zero-order chi connectivity index (χ0) is 19.7. The molecule has 1 atom stereocenters. The van der Waals surface area contributed by atoms with Gasteiger partial charge >= 0.3 is 0 Å². The Balaban J connectivity index is 1.60. The van der Waals surface area contributed by atoms with E-state index in [2.05, 4.69) is 26.6 Å². The van der Waals surface area contributed by atoms with Gasteiger partial charge in [0, 0.05) is 30.4 Å². The number of nitrogens with zero attached hydrogens (tertiary/aromatic N) is 1. The van der Waals surface area contributed by atoms with Gasteiger partial charge in [0.25, 0.3) is 5.91 Å². The summed E-state index contributed by atoms with van der Waals surface area (Å²) in [7, 11) is 1.86. The number of halogens is 1. The Kier molecular flexibility index (Phi) is 5.22. The predicted octanol–water partition coefficient (Wildman–Crippen LogP) is 3.56. The highest BCUT2D eigenvalue weighted by molar-refractivity contribution is 9.10. The quantitative estimate of drug-likeness (QED) is 0.616. The van der Waals surface area contributed by atoms with Crippen LogP contribution >= 0.6 is 15.9 Å². The van der Waals surface area contributed by atoms with Crippen molar-refractivity contribution in [3.8, 4) is 0 Å². The van der Waals surface area contributed by atoms with E-state index in [9.17, 15) is 9.59 Å². The van der Waals surface area contributed by atoms with Crippen molar-refractivity contribution in [3.63, 3.8) is 0 Å². The number of amides is 2. The molecule has 1 aliphatic carbocycles. The van der Waals surface area contributed by atoms with E-state index in [1.807, 2.05) is 66.2 Å². The van der Waals surface area contributed by atoms with Crippen molar-refractivity contribution in [3.05, 3.63) is 70.3 Å². The van der Waals surface area contributed by atoms with Gasteiger partial charge < -0.3 is 15.2 Å². The lowest BCUT2D eigenvalue weighted by molar-refractivity contribution is -0.123. The summed E-state index contributed by atoms with van der Waals surface area (Å²) in [4.78, 5) is 25.9. The minimum Gasteiger partial charge on any atom is -0.352 e. The smallest absolute Gasteiger partial charge is 0.269 e. The number of aromatic nitrogens is 1. The topological polar surface area (TPSA) is 63.1 Å². The van der Waals surface area contributed by atoms with E-state index in [0.29, 0.717) is 12.1 Å². The molecule has 2 aromatic carbocycles. The molecule has 1 aromatic heterocycles. The van der Waals surface area contributed by atoms with Crippen molar-refractivity contribution in [2.45, 2.75) is 31.3 Å². The van der Waals surface area contributed by atoms with E-state index in [0.717, 1.165) is 33.8 Å². The standard InChI is InChI=1S/C22H22BrN3O2/c1-26-18-10-6-5-9-16(18)19(23)20(26)22(28)25-17(21(27)24-15-11-12-15)13-14-7-3-2-4-8-14/h2-10,15,17H,11-13H2,1H3,(H,24,27)(H,25,28). The molecule has 1 fully saturated rings. The Morgan fingerprint density at radius 3 is 2.46 bits per heavy atom. The fraction of sp³-hybridized carbons (Fsp3) is 0.273. The summed E-state index contributed by atoms with van der Waals surface area (Å²) in [5.41, 5.74) is 2.48. The van der Waals surface area contributed by atoms with Gasteiger partial charge in [-0.1, -0.05) is 48.5 Å². The molecule has 0 aliphatic heterocycles. The van der Waals surface area contributed by atoms with Crippen LogP contribution in [0.2, 0.25) is 0 Å². The number of hydrogen-bond donors (Lipinski definition) is 2. The van der Waals surface area contributed by atoms with Gasteiger partial charge in [-0.3, -0.25) is 9.59 Å². The number of nitrogens with one attached hydrogen (secondary N) is 2. The highest BCUT2D eigenvalue weighted by Crippen LogP contribution is 2.30. The van der Waals surface area contributed by atoms with Gasteiger partial charge in [-0.2, -0.15) is 0 Å². The maximum atomic E-state index is 13.1. The molecule has 0 radical (unpaired) electrons. The van der Waals surface area contributed by atoms with Crippen LogP contribution in [0.5, 0.6) is 0 Å². The molecule has 4 rings (SSSR count).